The fourth-order valence-corrected chi connectivity index (χ4v) is 2.06. The minimum Gasteiger partial charge on any atom is -0.366 e. The van der Waals surface area contributed by atoms with Gasteiger partial charge in [0.15, 0.2) is 0 Å². The summed E-state index contributed by atoms with van der Waals surface area (Å²) >= 11 is 0. The van der Waals surface area contributed by atoms with E-state index in [4.69, 9.17) is 4.74 Å². The van der Waals surface area contributed by atoms with Crippen LogP contribution in [0, 0.1) is 0 Å². The van der Waals surface area contributed by atoms with Crippen molar-refractivity contribution in [3.05, 3.63) is 48.0 Å². The van der Waals surface area contributed by atoms with E-state index in [1.54, 1.807) is 0 Å². The van der Waals surface area contributed by atoms with Gasteiger partial charge in [-0.25, -0.2) is 0 Å². The average Bonchev–Trinajstić information content (AvgIpc) is 2.55. The molecular formula is C13H16O. The third kappa shape index (κ3) is 1.48. The second-order valence-corrected chi connectivity index (χ2v) is 4.00. The summed E-state index contributed by atoms with van der Waals surface area (Å²) in [5, 5.41) is 0. The fourth-order valence-electron chi connectivity index (χ4n) is 2.06. The van der Waals surface area contributed by atoms with Crippen molar-refractivity contribution in [2.45, 2.75) is 32.0 Å². The second kappa shape index (κ2) is 3.58. The molecule has 0 saturated carbocycles. The van der Waals surface area contributed by atoms with Gasteiger partial charge in [0.1, 0.15) is 0 Å². The predicted molar refractivity (Wildman–Crippen MR) is 58.0 cm³/mol. The Morgan fingerprint density at radius 2 is 2.29 bits per heavy atom. The summed E-state index contributed by atoms with van der Waals surface area (Å²) in [6, 6.07) is 8.47. The highest BCUT2D eigenvalue weighted by molar-refractivity contribution is 5.34. The summed E-state index contributed by atoms with van der Waals surface area (Å²) in [6.07, 6.45) is 3.98. The minimum absolute atomic E-state index is 0.0925. The van der Waals surface area contributed by atoms with Gasteiger partial charge < -0.3 is 4.74 Å². The molecule has 0 fully saturated rings. The molecule has 0 spiro atoms. The van der Waals surface area contributed by atoms with E-state index in [0.29, 0.717) is 0 Å². The summed E-state index contributed by atoms with van der Waals surface area (Å²) in [5.74, 6) is 0. The molecule has 0 saturated heterocycles. The minimum atomic E-state index is -0.0925. The third-order valence-electron chi connectivity index (χ3n) is 2.96. The van der Waals surface area contributed by atoms with E-state index in [2.05, 4.69) is 37.8 Å². The van der Waals surface area contributed by atoms with E-state index in [1.165, 1.54) is 11.1 Å². The number of rotatable bonds is 3. The molecule has 1 aromatic carbocycles. The Hall–Kier alpha value is -1.08. The van der Waals surface area contributed by atoms with Gasteiger partial charge >= 0.3 is 0 Å². The van der Waals surface area contributed by atoms with Crippen LogP contribution >= 0.6 is 0 Å². The highest BCUT2D eigenvalue weighted by Gasteiger charge is 2.34. The molecule has 1 heterocycles. The Morgan fingerprint density at radius 3 is 3.07 bits per heavy atom. The summed E-state index contributed by atoms with van der Waals surface area (Å²) in [4.78, 5) is 0. The molecule has 0 N–H and O–H groups in total. The zero-order valence-electron chi connectivity index (χ0n) is 8.62. The lowest BCUT2D eigenvalue weighted by Crippen LogP contribution is -2.19. The van der Waals surface area contributed by atoms with Crippen LogP contribution in [0.15, 0.2) is 36.9 Å². The van der Waals surface area contributed by atoms with Gasteiger partial charge in [-0.1, -0.05) is 30.3 Å². The van der Waals surface area contributed by atoms with Crippen LogP contribution in [0.25, 0.3) is 0 Å². The first-order valence-electron chi connectivity index (χ1n) is 5.09. The lowest BCUT2D eigenvalue weighted by atomic mass is 9.90. The van der Waals surface area contributed by atoms with Crippen molar-refractivity contribution in [3.8, 4) is 0 Å². The van der Waals surface area contributed by atoms with Crippen LogP contribution in [0.5, 0.6) is 0 Å². The molecule has 1 atom stereocenters. The Labute approximate surface area is 85.4 Å². The van der Waals surface area contributed by atoms with Crippen LogP contribution < -0.4 is 0 Å². The van der Waals surface area contributed by atoms with Gasteiger partial charge in [0, 0.05) is 0 Å². The monoisotopic (exact) mass is 188 g/mol. The molecule has 1 nitrogen and oxygen atoms in total. The van der Waals surface area contributed by atoms with E-state index in [-0.39, 0.29) is 5.60 Å². The molecule has 14 heavy (non-hydrogen) atoms. The molecule has 1 aromatic rings. The Morgan fingerprint density at radius 1 is 1.50 bits per heavy atom. The van der Waals surface area contributed by atoms with Crippen LogP contribution in [0.4, 0.5) is 0 Å². The number of allylic oxidation sites excluding steroid dienone is 1. The molecular weight excluding hydrogens is 172 g/mol. The zero-order valence-corrected chi connectivity index (χ0v) is 8.62. The molecule has 0 aromatic heterocycles. The van der Waals surface area contributed by atoms with Gasteiger partial charge in [0.05, 0.1) is 12.2 Å². The zero-order chi connectivity index (χ0) is 10.0. The van der Waals surface area contributed by atoms with E-state index in [9.17, 15) is 0 Å². The third-order valence-corrected chi connectivity index (χ3v) is 2.96. The van der Waals surface area contributed by atoms with Gasteiger partial charge in [-0.3, -0.25) is 0 Å². The maximum absolute atomic E-state index is 5.87. The van der Waals surface area contributed by atoms with E-state index in [0.717, 1.165) is 19.4 Å². The van der Waals surface area contributed by atoms with Crippen LogP contribution in [0.1, 0.15) is 30.9 Å². The molecule has 2 rings (SSSR count). The Balaban J connectivity index is 2.27. The Bertz CT molecular complexity index is 343. The van der Waals surface area contributed by atoms with Gasteiger partial charge in [-0.05, 0) is 30.9 Å². The first kappa shape index (κ1) is 9.47. The Kier molecular flexibility index (Phi) is 2.42. The van der Waals surface area contributed by atoms with Crippen molar-refractivity contribution in [2.24, 2.45) is 0 Å². The summed E-state index contributed by atoms with van der Waals surface area (Å²) < 4.78 is 5.87. The SMILES string of the molecule is C=CCCC1(C)OCc2ccccc21. The van der Waals surface area contributed by atoms with Crippen LogP contribution in [0.2, 0.25) is 0 Å². The van der Waals surface area contributed by atoms with Crippen LogP contribution in [0.3, 0.4) is 0 Å². The number of benzene rings is 1. The molecule has 0 bridgehead atoms. The second-order valence-electron chi connectivity index (χ2n) is 4.00. The topological polar surface area (TPSA) is 9.23 Å². The van der Waals surface area contributed by atoms with Gasteiger partial charge in [-0.2, -0.15) is 0 Å². The molecule has 1 heteroatoms. The number of hydrogen-bond donors (Lipinski definition) is 0. The average molecular weight is 188 g/mol. The molecule has 1 unspecified atom stereocenters. The van der Waals surface area contributed by atoms with Crippen molar-refractivity contribution in [3.63, 3.8) is 0 Å². The van der Waals surface area contributed by atoms with Crippen molar-refractivity contribution in [2.75, 3.05) is 0 Å². The summed E-state index contributed by atoms with van der Waals surface area (Å²) in [6.45, 7) is 6.68. The number of ether oxygens (including phenoxy) is 1. The summed E-state index contributed by atoms with van der Waals surface area (Å²) in [7, 11) is 0. The predicted octanol–water partition coefficient (Wildman–Crippen LogP) is 3.40. The smallest absolute Gasteiger partial charge is 0.0914 e. The maximum Gasteiger partial charge on any atom is 0.0914 e. The molecule has 74 valence electrons. The maximum atomic E-state index is 5.87. The highest BCUT2D eigenvalue weighted by Crippen LogP contribution is 2.39. The van der Waals surface area contributed by atoms with Gasteiger partial charge in [-0.15, -0.1) is 6.58 Å². The molecule has 0 amide bonds. The first-order chi connectivity index (χ1) is 6.76. The van der Waals surface area contributed by atoms with Gasteiger partial charge in [0.2, 0.25) is 0 Å². The van der Waals surface area contributed by atoms with Crippen molar-refractivity contribution in [1.29, 1.82) is 0 Å². The van der Waals surface area contributed by atoms with Crippen LogP contribution in [-0.2, 0) is 16.9 Å². The van der Waals surface area contributed by atoms with Gasteiger partial charge in [0.25, 0.3) is 0 Å². The molecule has 1 aliphatic heterocycles. The fraction of sp³-hybridized carbons (Fsp3) is 0.385. The number of hydrogen-bond acceptors (Lipinski definition) is 1. The molecule has 0 radical (unpaired) electrons. The highest BCUT2D eigenvalue weighted by atomic mass is 16.5. The van der Waals surface area contributed by atoms with Crippen molar-refractivity contribution >= 4 is 0 Å². The molecule has 0 aliphatic carbocycles. The largest absolute Gasteiger partial charge is 0.366 e. The molecule has 1 aliphatic rings. The van der Waals surface area contributed by atoms with Crippen molar-refractivity contribution < 1.29 is 4.74 Å². The first-order valence-corrected chi connectivity index (χ1v) is 5.09. The lowest BCUT2D eigenvalue weighted by Gasteiger charge is -2.24. The van der Waals surface area contributed by atoms with Crippen LogP contribution in [-0.4, -0.2) is 0 Å². The quantitative estimate of drug-likeness (QED) is 0.660. The van der Waals surface area contributed by atoms with E-state index in [1.807, 2.05) is 6.08 Å². The summed E-state index contributed by atoms with van der Waals surface area (Å²) in [5.41, 5.74) is 2.59. The lowest BCUT2D eigenvalue weighted by molar-refractivity contribution is -0.0288. The van der Waals surface area contributed by atoms with Crippen molar-refractivity contribution in [1.82, 2.24) is 0 Å². The number of fused-ring (bicyclic) bond motifs is 1. The van der Waals surface area contributed by atoms with E-state index >= 15 is 0 Å². The van der Waals surface area contributed by atoms with E-state index < -0.39 is 0 Å². The standard InChI is InChI=1S/C13H16O/c1-3-4-9-13(2)12-8-6-5-7-11(12)10-14-13/h3,5-8H,1,4,9-10H2,2H3. The normalized spacial score (nSPS) is 24.6.